The number of para-hydroxylation sites is 2. The highest BCUT2D eigenvalue weighted by Crippen LogP contribution is 2.45. The van der Waals surface area contributed by atoms with Crippen molar-refractivity contribution in [1.82, 2.24) is 4.98 Å². The van der Waals surface area contributed by atoms with Crippen molar-refractivity contribution in [3.8, 4) is 0 Å². The summed E-state index contributed by atoms with van der Waals surface area (Å²) in [6, 6.07) is 25.0. The molecular weight excluding hydrogens is 395 g/mol. The van der Waals surface area contributed by atoms with Gasteiger partial charge in [0, 0.05) is 34.3 Å². The van der Waals surface area contributed by atoms with Crippen LogP contribution in [0.15, 0.2) is 88.6 Å². The van der Waals surface area contributed by atoms with Crippen molar-refractivity contribution in [2.75, 3.05) is 11.4 Å². The van der Waals surface area contributed by atoms with Crippen LogP contribution in [0.3, 0.4) is 0 Å². The molecule has 0 fully saturated rings. The molecule has 0 aliphatic carbocycles. The summed E-state index contributed by atoms with van der Waals surface area (Å²) in [6.07, 6.45) is 0.869. The third kappa shape index (κ3) is 3.73. The normalized spacial score (nSPS) is 16.3. The summed E-state index contributed by atoms with van der Waals surface area (Å²) in [4.78, 5) is 19.1. The van der Waals surface area contributed by atoms with Crippen LogP contribution in [-0.4, -0.2) is 11.5 Å². The summed E-state index contributed by atoms with van der Waals surface area (Å²) in [6.45, 7) is 1.32. The lowest BCUT2D eigenvalue weighted by atomic mass is 10.1. The molecule has 1 atom stereocenters. The molecule has 0 amide bonds. The predicted octanol–water partition coefficient (Wildman–Crippen LogP) is 5.91. The maximum absolute atomic E-state index is 13.8. The van der Waals surface area contributed by atoms with Crippen molar-refractivity contribution in [3.05, 3.63) is 106 Å². The molecule has 1 unspecified atom stereocenters. The topological polar surface area (TPSA) is 36.1 Å². The van der Waals surface area contributed by atoms with E-state index in [-0.39, 0.29) is 16.6 Å². The fourth-order valence-corrected chi connectivity index (χ4v) is 5.33. The average Bonchev–Trinajstić information content (AvgIpc) is 2.94. The first kappa shape index (κ1) is 18.9. The van der Waals surface area contributed by atoms with Crippen LogP contribution in [0.5, 0.6) is 0 Å². The van der Waals surface area contributed by atoms with Gasteiger partial charge in [0.1, 0.15) is 5.82 Å². The van der Waals surface area contributed by atoms with Crippen LogP contribution < -0.4 is 10.5 Å². The summed E-state index contributed by atoms with van der Waals surface area (Å²) < 4.78 is 13.8. The monoisotopic (exact) mass is 416 g/mol. The fraction of sp³-hybridized carbons (Fsp3) is 0.160. The van der Waals surface area contributed by atoms with E-state index in [0.717, 1.165) is 45.6 Å². The number of fused-ring (bicyclic) bond motifs is 2. The van der Waals surface area contributed by atoms with Crippen molar-refractivity contribution in [3.63, 3.8) is 0 Å². The number of nitrogens with zero attached hydrogens (tertiary/aromatic N) is 1. The minimum absolute atomic E-state index is 0.0511. The molecule has 1 aliphatic heterocycles. The highest BCUT2D eigenvalue weighted by molar-refractivity contribution is 7.99. The molecule has 0 radical (unpaired) electrons. The number of aromatic amines is 1. The van der Waals surface area contributed by atoms with Gasteiger partial charge < -0.3 is 9.88 Å². The second-order valence-corrected chi connectivity index (χ2v) is 8.79. The average molecular weight is 417 g/mol. The molecule has 0 spiro atoms. The fourth-order valence-electron chi connectivity index (χ4n) is 4.05. The first-order valence-electron chi connectivity index (χ1n) is 10.0. The van der Waals surface area contributed by atoms with Crippen molar-refractivity contribution in [2.24, 2.45) is 0 Å². The van der Waals surface area contributed by atoms with Crippen molar-refractivity contribution < 1.29 is 4.39 Å². The van der Waals surface area contributed by atoms with Gasteiger partial charge in [-0.15, -0.1) is 11.8 Å². The van der Waals surface area contributed by atoms with Crippen LogP contribution in [0.4, 0.5) is 10.1 Å². The molecule has 2 heterocycles. The Morgan fingerprint density at radius 1 is 1.00 bits per heavy atom. The van der Waals surface area contributed by atoms with Crippen LogP contribution in [0, 0.1) is 5.82 Å². The minimum atomic E-state index is -0.204. The lowest BCUT2D eigenvalue weighted by Gasteiger charge is -2.24. The van der Waals surface area contributed by atoms with E-state index >= 15 is 0 Å². The van der Waals surface area contributed by atoms with Crippen molar-refractivity contribution >= 4 is 28.4 Å². The number of anilines is 1. The van der Waals surface area contributed by atoms with Crippen LogP contribution >= 0.6 is 11.8 Å². The van der Waals surface area contributed by atoms with Gasteiger partial charge in [-0.1, -0.05) is 42.5 Å². The Labute approximate surface area is 178 Å². The third-order valence-corrected chi connectivity index (χ3v) is 6.94. The summed E-state index contributed by atoms with van der Waals surface area (Å²) in [5, 5.41) is 1.20. The van der Waals surface area contributed by atoms with Crippen LogP contribution in [-0.2, 0) is 6.54 Å². The molecule has 0 saturated carbocycles. The van der Waals surface area contributed by atoms with E-state index in [9.17, 15) is 9.18 Å². The number of pyridine rings is 1. The Morgan fingerprint density at radius 2 is 1.83 bits per heavy atom. The summed E-state index contributed by atoms with van der Waals surface area (Å²) in [5.41, 5.74) is 3.67. The minimum Gasteiger partial charge on any atom is -0.366 e. The number of rotatable bonds is 3. The Hall–Kier alpha value is -3.05. The quantitative estimate of drug-likeness (QED) is 0.451. The molecule has 5 rings (SSSR count). The lowest BCUT2D eigenvalue weighted by molar-refractivity contribution is 0.623. The van der Waals surface area contributed by atoms with Crippen LogP contribution in [0.1, 0.15) is 22.8 Å². The first-order valence-corrected chi connectivity index (χ1v) is 10.9. The van der Waals surface area contributed by atoms with E-state index in [2.05, 4.69) is 22.0 Å². The third-order valence-electron chi connectivity index (χ3n) is 5.55. The summed E-state index contributed by atoms with van der Waals surface area (Å²) >= 11 is 1.77. The molecule has 0 bridgehead atoms. The first-order chi connectivity index (χ1) is 14.7. The molecule has 1 aliphatic rings. The van der Waals surface area contributed by atoms with Gasteiger partial charge in [0.2, 0.25) is 0 Å². The zero-order valence-corrected chi connectivity index (χ0v) is 17.2. The zero-order chi connectivity index (χ0) is 20.5. The van der Waals surface area contributed by atoms with E-state index in [0.29, 0.717) is 6.54 Å². The van der Waals surface area contributed by atoms with Crippen molar-refractivity contribution in [2.45, 2.75) is 23.1 Å². The standard InChI is InChI=1S/C25H21FN2OS/c26-20-8-5-7-18(15-20)23-12-13-28(22-10-3-4-11-24(22)30-23)16-19-14-17-6-1-2-9-21(17)27-25(19)29/h1-11,14-15,23H,12-13,16H2,(H,27,29). The molecule has 0 saturated heterocycles. The second kappa shape index (κ2) is 8.00. The number of nitrogens with one attached hydrogen (secondary N) is 1. The smallest absolute Gasteiger partial charge is 0.253 e. The molecule has 150 valence electrons. The van der Waals surface area contributed by atoms with Gasteiger partial charge in [-0.3, -0.25) is 4.79 Å². The van der Waals surface area contributed by atoms with Gasteiger partial charge >= 0.3 is 0 Å². The maximum Gasteiger partial charge on any atom is 0.253 e. The number of halogens is 1. The Bertz CT molecular complexity index is 1270. The van der Waals surface area contributed by atoms with E-state index in [1.165, 1.54) is 6.07 Å². The lowest BCUT2D eigenvalue weighted by Crippen LogP contribution is -2.27. The van der Waals surface area contributed by atoms with Gasteiger partial charge in [0.15, 0.2) is 0 Å². The largest absolute Gasteiger partial charge is 0.366 e. The number of hydrogen-bond acceptors (Lipinski definition) is 3. The van der Waals surface area contributed by atoms with Gasteiger partial charge in [-0.25, -0.2) is 4.39 Å². The van der Waals surface area contributed by atoms with E-state index in [1.54, 1.807) is 23.9 Å². The molecule has 3 aromatic carbocycles. The summed E-state index contributed by atoms with van der Waals surface area (Å²) in [5.74, 6) is -0.204. The SMILES string of the molecule is O=c1[nH]c2ccccc2cc1CN1CCC(c2cccc(F)c2)Sc2ccccc21. The summed E-state index contributed by atoms with van der Waals surface area (Å²) in [7, 11) is 0. The molecule has 1 N–H and O–H groups in total. The van der Waals surface area contributed by atoms with Gasteiger partial charge in [-0.05, 0) is 53.8 Å². The van der Waals surface area contributed by atoms with Gasteiger partial charge in [0.25, 0.3) is 5.56 Å². The predicted molar refractivity (Wildman–Crippen MR) is 122 cm³/mol. The maximum atomic E-state index is 13.8. The zero-order valence-electron chi connectivity index (χ0n) is 16.3. The van der Waals surface area contributed by atoms with Gasteiger partial charge in [-0.2, -0.15) is 0 Å². The molecule has 1 aromatic heterocycles. The van der Waals surface area contributed by atoms with E-state index < -0.39 is 0 Å². The van der Waals surface area contributed by atoms with Crippen LogP contribution in [0.2, 0.25) is 0 Å². The van der Waals surface area contributed by atoms with E-state index in [1.807, 2.05) is 48.5 Å². The molecular formula is C25H21FN2OS. The Balaban J connectivity index is 1.49. The molecule has 30 heavy (non-hydrogen) atoms. The number of H-pyrrole nitrogens is 1. The highest BCUT2D eigenvalue weighted by atomic mass is 32.2. The number of benzene rings is 3. The Kier molecular flexibility index (Phi) is 5.05. The molecule has 5 heteroatoms. The number of aromatic nitrogens is 1. The second-order valence-electron chi connectivity index (χ2n) is 7.55. The van der Waals surface area contributed by atoms with E-state index in [4.69, 9.17) is 0 Å². The molecule has 4 aromatic rings. The van der Waals surface area contributed by atoms with Crippen molar-refractivity contribution in [1.29, 1.82) is 0 Å². The number of hydrogen-bond donors (Lipinski definition) is 1. The number of thioether (sulfide) groups is 1. The molecule has 3 nitrogen and oxygen atoms in total. The van der Waals surface area contributed by atoms with Crippen LogP contribution in [0.25, 0.3) is 10.9 Å². The highest BCUT2D eigenvalue weighted by Gasteiger charge is 2.24. The van der Waals surface area contributed by atoms with Gasteiger partial charge in [0.05, 0.1) is 5.69 Å². The Morgan fingerprint density at radius 3 is 2.73 bits per heavy atom.